The number of hydrogen-bond donors (Lipinski definition) is 0. The summed E-state index contributed by atoms with van der Waals surface area (Å²) in [5.41, 5.74) is 1.49. The summed E-state index contributed by atoms with van der Waals surface area (Å²) in [6.45, 7) is 13.7. The number of rotatable bonds is 6. The molecule has 1 rings (SSSR count). The molecule has 0 aliphatic carbocycles. The van der Waals surface area contributed by atoms with E-state index in [-0.39, 0.29) is 11.4 Å². The van der Waals surface area contributed by atoms with Gasteiger partial charge in [-0.3, -0.25) is 0 Å². The van der Waals surface area contributed by atoms with Gasteiger partial charge >= 0.3 is 5.97 Å². The van der Waals surface area contributed by atoms with Crippen molar-refractivity contribution in [3.8, 4) is 0 Å². The molecule has 1 heterocycles. The molecule has 0 aromatic carbocycles. The molecule has 0 spiro atoms. The van der Waals surface area contributed by atoms with Gasteiger partial charge in [-0.2, -0.15) is 0 Å². The Bertz CT molecular complexity index is 444. The second-order valence-corrected chi connectivity index (χ2v) is 6.74. The number of carbonyl (C=O) groups excluding carboxylic acids is 1. The molecule has 0 fully saturated rings. The lowest BCUT2D eigenvalue weighted by atomic mass is 9.92. The fourth-order valence-corrected chi connectivity index (χ4v) is 1.90. The summed E-state index contributed by atoms with van der Waals surface area (Å²) in [6, 6.07) is 0. The van der Waals surface area contributed by atoms with Gasteiger partial charge in [-0.1, -0.05) is 39.8 Å². The summed E-state index contributed by atoms with van der Waals surface area (Å²) in [6.07, 6.45) is 1.77. The van der Waals surface area contributed by atoms with Crippen LogP contribution < -0.4 is 0 Å². The molecule has 5 heteroatoms. The first-order chi connectivity index (χ1) is 9.24. The third-order valence-electron chi connectivity index (χ3n) is 2.98. The Balaban J connectivity index is 2.96. The van der Waals surface area contributed by atoms with Crippen LogP contribution in [0.1, 0.15) is 64.1 Å². The van der Waals surface area contributed by atoms with E-state index in [2.05, 4.69) is 44.9 Å². The van der Waals surface area contributed by atoms with Crippen molar-refractivity contribution in [2.45, 2.75) is 60.9 Å². The largest absolute Gasteiger partial charge is 0.461 e. The summed E-state index contributed by atoms with van der Waals surface area (Å²) >= 11 is 0. The Morgan fingerprint density at radius 1 is 1.35 bits per heavy atom. The highest BCUT2D eigenvalue weighted by Gasteiger charge is 2.22. The summed E-state index contributed by atoms with van der Waals surface area (Å²) < 4.78 is 6.91. The zero-order chi connectivity index (χ0) is 15.3. The molecule has 0 bridgehead atoms. The molecule has 0 saturated heterocycles. The van der Waals surface area contributed by atoms with Crippen LogP contribution in [0.5, 0.6) is 0 Å². The van der Waals surface area contributed by atoms with Crippen LogP contribution in [0.4, 0.5) is 0 Å². The fraction of sp³-hybridized carbons (Fsp3) is 0.800. The van der Waals surface area contributed by atoms with Crippen molar-refractivity contribution < 1.29 is 9.53 Å². The Morgan fingerprint density at radius 2 is 2.00 bits per heavy atom. The molecule has 0 aliphatic rings. The van der Waals surface area contributed by atoms with Crippen molar-refractivity contribution in [1.82, 2.24) is 15.0 Å². The maximum Gasteiger partial charge on any atom is 0.360 e. The minimum atomic E-state index is -0.370. The number of hydrogen-bond acceptors (Lipinski definition) is 4. The highest BCUT2D eigenvalue weighted by molar-refractivity contribution is 5.88. The minimum Gasteiger partial charge on any atom is -0.461 e. The first-order valence-electron chi connectivity index (χ1n) is 7.34. The molecule has 0 amide bonds. The Hall–Kier alpha value is -1.39. The van der Waals surface area contributed by atoms with Crippen LogP contribution in [0.3, 0.4) is 0 Å². The second kappa shape index (κ2) is 6.86. The van der Waals surface area contributed by atoms with Gasteiger partial charge in [0.1, 0.15) is 0 Å². The highest BCUT2D eigenvalue weighted by Crippen LogP contribution is 2.21. The SMILES string of the molecule is CCOC(=O)c1nnn(CCC(C)(C)C)c1CC(C)C. The monoisotopic (exact) mass is 281 g/mol. The van der Waals surface area contributed by atoms with Gasteiger partial charge in [0.05, 0.1) is 12.3 Å². The molecular weight excluding hydrogens is 254 g/mol. The molecule has 0 N–H and O–H groups in total. The zero-order valence-electron chi connectivity index (χ0n) is 13.6. The summed E-state index contributed by atoms with van der Waals surface area (Å²) in [5.74, 6) is 0.0696. The topological polar surface area (TPSA) is 57.0 Å². The Morgan fingerprint density at radius 3 is 2.50 bits per heavy atom. The van der Waals surface area contributed by atoms with E-state index < -0.39 is 0 Å². The van der Waals surface area contributed by atoms with Gasteiger partial charge in [-0.15, -0.1) is 5.10 Å². The number of aromatic nitrogens is 3. The molecule has 0 saturated carbocycles. The quantitative estimate of drug-likeness (QED) is 0.752. The van der Waals surface area contributed by atoms with Crippen LogP contribution in [-0.2, 0) is 17.7 Å². The number of esters is 1. The zero-order valence-corrected chi connectivity index (χ0v) is 13.6. The van der Waals surface area contributed by atoms with Gasteiger partial charge < -0.3 is 4.74 Å². The van der Waals surface area contributed by atoms with Gasteiger partial charge in [0.2, 0.25) is 0 Å². The molecule has 1 aromatic heterocycles. The average molecular weight is 281 g/mol. The molecule has 5 nitrogen and oxygen atoms in total. The summed E-state index contributed by atoms with van der Waals surface area (Å²) in [7, 11) is 0. The predicted octanol–water partition coefficient (Wildman–Crippen LogP) is 3.09. The normalized spacial score (nSPS) is 11.9. The smallest absolute Gasteiger partial charge is 0.360 e. The number of ether oxygens (including phenoxy) is 1. The minimum absolute atomic E-state index is 0.227. The fourth-order valence-electron chi connectivity index (χ4n) is 1.90. The van der Waals surface area contributed by atoms with Gasteiger partial charge in [-0.25, -0.2) is 9.48 Å². The number of aryl methyl sites for hydroxylation is 1. The van der Waals surface area contributed by atoms with Crippen LogP contribution in [-0.4, -0.2) is 27.6 Å². The van der Waals surface area contributed by atoms with Gasteiger partial charge in [0, 0.05) is 6.54 Å². The predicted molar refractivity (Wildman–Crippen MR) is 78.6 cm³/mol. The van der Waals surface area contributed by atoms with E-state index in [4.69, 9.17) is 4.74 Å². The first kappa shape index (κ1) is 16.7. The average Bonchev–Trinajstić information content (AvgIpc) is 2.68. The van der Waals surface area contributed by atoms with Gasteiger partial charge in [-0.05, 0) is 31.1 Å². The van der Waals surface area contributed by atoms with E-state index in [1.54, 1.807) is 6.92 Å². The van der Waals surface area contributed by atoms with Crippen LogP contribution >= 0.6 is 0 Å². The molecular formula is C15H27N3O2. The van der Waals surface area contributed by atoms with Crippen molar-refractivity contribution in [3.05, 3.63) is 11.4 Å². The Labute approximate surface area is 121 Å². The van der Waals surface area contributed by atoms with Crippen LogP contribution in [0.25, 0.3) is 0 Å². The summed E-state index contributed by atoms with van der Waals surface area (Å²) in [5, 5.41) is 8.17. The second-order valence-electron chi connectivity index (χ2n) is 6.74. The highest BCUT2D eigenvalue weighted by atomic mass is 16.5. The van der Waals surface area contributed by atoms with Crippen molar-refractivity contribution in [2.24, 2.45) is 11.3 Å². The van der Waals surface area contributed by atoms with Crippen LogP contribution in [0, 0.1) is 11.3 Å². The Kier molecular flexibility index (Phi) is 5.72. The molecule has 1 aromatic rings. The number of carbonyl (C=O) groups is 1. The van der Waals surface area contributed by atoms with E-state index in [1.165, 1.54) is 0 Å². The van der Waals surface area contributed by atoms with Crippen molar-refractivity contribution in [2.75, 3.05) is 6.61 Å². The molecule has 20 heavy (non-hydrogen) atoms. The van der Waals surface area contributed by atoms with E-state index in [0.29, 0.717) is 18.2 Å². The maximum atomic E-state index is 11.9. The lowest BCUT2D eigenvalue weighted by Gasteiger charge is -2.18. The molecule has 0 radical (unpaired) electrons. The van der Waals surface area contributed by atoms with Gasteiger partial charge in [0.25, 0.3) is 0 Å². The van der Waals surface area contributed by atoms with Crippen molar-refractivity contribution >= 4 is 5.97 Å². The van der Waals surface area contributed by atoms with E-state index >= 15 is 0 Å². The third-order valence-corrected chi connectivity index (χ3v) is 2.98. The van der Waals surface area contributed by atoms with E-state index in [0.717, 1.165) is 25.1 Å². The molecule has 114 valence electrons. The van der Waals surface area contributed by atoms with E-state index in [9.17, 15) is 4.79 Å². The maximum absolute atomic E-state index is 11.9. The lowest BCUT2D eigenvalue weighted by molar-refractivity contribution is 0.0517. The molecule has 0 unspecified atom stereocenters. The third kappa shape index (κ3) is 4.94. The van der Waals surface area contributed by atoms with Gasteiger partial charge in [0.15, 0.2) is 5.69 Å². The molecule has 0 atom stereocenters. The molecule has 0 aliphatic heterocycles. The lowest BCUT2D eigenvalue weighted by Crippen LogP contribution is -2.16. The summed E-state index contributed by atoms with van der Waals surface area (Å²) in [4.78, 5) is 11.9. The van der Waals surface area contributed by atoms with E-state index in [1.807, 2.05) is 4.68 Å². The van der Waals surface area contributed by atoms with Crippen LogP contribution in [0.2, 0.25) is 0 Å². The van der Waals surface area contributed by atoms with Crippen LogP contribution in [0.15, 0.2) is 0 Å². The standard InChI is InChI=1S/C15H27N3O2/c1-7-20-14(19)13-12(10-11(2)3)18(17-16-13)9-8-15(4,5)6/h11H,7-10H2,1-6H3. The van der Waals surface area contributed by atoms with Crippen molar-refractivity contribution in [3.63, 3.8) is 0 Å². The van der Waals surface area contributed by atoms with Crippen molar-refractivity contribution in [1.29, 1.82) is 0 Å². The first-order valence-corrected chi connectivity index (χ1v) is 7.34. The number of nitrogens with zero attached hydrogens (tertiary/aromatic N) is 3.